The van der Waals surface area contributed by atoms with Crippen molar-refractivity contribution in [1.29, 1.82) is 0 Å². The van der Waals surface area contributed by atoms with E-state index in [-0.39, 0.29) is 35.9 Å². The summed E-state index contributed by atoms with van der Waals surface area (Å²) < 4.78 is 5.37. The van der Waals surface area contributed by atoms with Crippen LogP contribution >= 0.6 is 0 Å². The first kappa shape index (κ1) is 13.2. The molecule has 2 fully saturated rings. The molecular weight excluding hydrogens is 234 g/mol. The Bertz CT molecular complexity index is 371. The van der Waals surface area contributed by atoms with Crippen LogP contribution in [0.2, 0.25) is 0 Å². The fourth-order valence-electron chi connectivity index (χ4n) is 3.32. The van der Waals surface area contributed by atoms with Crippen LogP contribution in [0, 0.1) is 17.8 Å². The Kier molecular flexibility index (Phi) is 2.83. The number of likely N-dealkylation sites (tertiary alicyclic amines) is 1. The zero-order valence-corrected chi connectivity index (χ0v) is 11.5. The summed E-state index contributed by atoms with van der Waals surface area (Å²) in [5.41, 5.74) is -0.518. The Balaban J connectivity index is 2.06. The van der Waals surface area contributed by atoms with E-state index in [1.54, 1.807) is 4.90 Å². The van der Waals surface area contributed by atoms with Gasteiger partial charge in [-0.1, -0.05) is 0 Å². The minimum absolute atomic E-state index is 0.0547. The van der Waals surface area contributed by atoms with Crippen LogP contribution in [0.3, 0.4) is 0 Å². The van der Waals surface area contributed by atoms with Gasteiger partial charge in [0.05, 0.1) is 5.92 Å². The average Bonchev–Trinajstić information content (AvgIpc) is 2.82. The second-order valence-corrected chi connectivity index (χ2v) is 6.39. The van der Waals surface area contributed by atoms with Gasteiger partial charge in [0.15, 0.2) is 0 Å². The maximum atomic E-state index is 12.1. The highest BCUT2D eigenvalue weighted by atomic mass is 16.6. The topological polar surface area (TPSA) is 66.8 Å². The van der Waals surface area contributed by atoms with Crippen molar-refractivity contribution in [3.63, 3.8) is 0 Å². The van der Waals surface area contributed by atoms with Gasteiger partial charge in [0.1, 0.15) is 5.60 Å². The number of aliphatic carboxylic acids is 1. The van der Waals surface area contributed by atoms with Gasteiger partial charge in [-0.3, -0.25) is 4.79 Å². The van der Waals surface area contributed by atoms with Crippen LogP contribution in [-0.4, -0.2) is 39.8 Å². The fourth-order valence-corrected chi connectivity index (χ4v) is 3.32. The number of piperidine rings is 1. The van der Waals surface area contributed by atoms with Crippen LogP contribution in [0.1, 0.15) is 34.6 Å². The molecule has 18 heavy (non-hydrogen) atoms. The number of hydrogen-bond donors (Lipinski definition) is 1. The van der Waals surface area contributed by atoms with E-state index >= 15 is 0 Å². The number of nitrogens with zero attached hydrogens (tertiary/aromatic N) is 1. The van der Waals surface area contributed by atoms with Crippen LogP contribution < -0.4 is 0 Å². The quantitative estimate of drug-likeness (QED) is 0.777. The van der Waals surface area contributed by atoms with Crippen molar-refractivity contribution in [2.24, 2.45) is 17.8 Å². The van der Waals surface area contributed by atoms with Crippen LogP contribution in [0.25, 0.3) is 0 Å². The number of hydrogen-bond acceptors (Lipinski definition) is 3. The molecule has 0 bridgehead atoms. The molecule has 5 nitrogen and oxygen atoms in total. The smallest absolute Gasteiger partial charge is 0.410 e. The van der Waals surface area contributed by atoms with Gasteiger partial charge in [0.2, 0.25) is 0 Å². The highest BCUT2D eigenvalue weighted by Gasteiger charge is 2.68. The van der Waals surface area contributed by atoms with Gasteiger partial charge in [-0.15, -0.1) is 0 Å². The molecule has 1 saturated heterocycles. The van der Waals surface area contributed by atoms with Crippen molar-refractivity contribution in [2.45, 2.75) is 52.3 Å². The SMILES string of the molecule is C[C@H]1[C@@H]2C(C(=O)O)[C@@H]2[C@H](C)N1C(=O)OC(C)(C)C. The van der Waals surface area contributed by atoms with Crippen LogP contribution in [0.4, 0.5) is 4.79 Å². The molecule has 1 saturated carbocycles. The summed E-state index contributed by atoms with van der Waals surface area (Å²) in [5, 5.41) is 9.07. The third-order valence-corrected chi connectivity index (χ3v) is 4.01. The maximum Gasteiger partial charge on any atom is 0.410 e. The van der Waals surface area contributed by atoms with Gasteiger partial charge >= 0.3 is 12.1 Å². The lowest BCUT2D eigenvalue weighted by molar-refractivity contribution is -0.140. The van der Waals surface area contributed by atoms with Gasteiger partial charge in [-0.2, -0.15) is 0 Å². The Morgan fingerprint density at radius 1 is 1.11 bits per heavy atom. The summed E-state index contributed by atoms with van der Waals surface area (Å²) in [4.78, 5) is 24.8. The van der Waals surface area contributed by atoms with E-state index < -0.39 is 11.6 Å². The van der Waals surface area contributed by atoms with Crippen molar-refractivity contribution < 1.29 is 19.4 Å². The van der Waals surface area contributed by atoms with Gasteiger partial charge in [0, 0.05) is 12.1 Å². The number of amides is 1. The van der Waals surface area contributed by atoms with Gasteiger partial charge in [0.25, 0.3) is 0 Å². The lowest BCUT2D eigenvalue weighted by Gasteiger charge is -2.32. The normalized spacial score (nSPS) is 38.3. The summed E-state index contributed by atoms with van der Waals surface area (Å²) in [6.07, 6.45) is -0.334. The van der Waals surface area contributed by atoms with Gasteiger partial charge < -0.3 is 14.7 Å². The van der Waals surface area contributed by atoms with Crippen molar-refractivity contribution in [3.8, 4) is 0 Å². The molecule has 1 aliphatic carbocycles. The number of rotatable bonds is 1. The molecule has 0 aromatic carbocycles. The highest BCUT2D eigenvalue weighted by molar-refractivity contribution is 5.77. The van der Waals surface area contributed by atoms with Crippen LogP contribution in [0.5, 0.6) is 0 Å². The third kappa shape index (κ3) is 1.95. The van der Waals surface area contributed by atoms with Crippen LogP contribution in [-0.2, 0) is 9.53 Å². The van der Waals surface area contributed by atoms with Crippen molar-refractivity contribution >= 4 is 12.1 Å². The summed E-state index contributed by atoms with van der Waals surface area (Å²) in [6, 6.07) is -0.109. The minimum atomic E-state index is -0.743. The Morgan fingerprint density at radius 2 is 1.56 bits per heavy atom. The van der Waals surface area contributed by atoms with E-state index in [1.165, 1.54) is 0 Å². The number of ether oxygens (including phenoxy) is 1. The first-order valence-electron chi connectivity index (χ1n) is 6.39. The van der Waals surface area contributed by atoms with Crippen molar-refractivity contribution in [3.05, 3.63) is 0 Å². The first-order chi connectivity index (χ1) is 8.15. The molecule has 1 amide bonds. The predicted octanol–water partition coefficient (Wildman–Crippen LogP) is 1.96. The molecule has 2 aliphatic rings. The molecule has 5 atom stereocenters. The molecule has 1 unspecified atom stereocenters. The summed E-state index contributed by atoms with van der Waals surface area (Å²) in [5.74, 6) is -0.851. The van der Waals surface area contributed by atoms with Crippen LogP contribution in [0.15, 0.2) is 0 Å². The predicted molar refractivity (Wildman–Crippen MR) is 65.1 cm³/mol. The minimum Gasteiger partial charge on any atom is -0.481 e. The van der Waals surface area contributed by atoms with Gasteiger partial charge in [-0.05, 0) is 46.5 Å². The summed E-state index contributed by atoms with van der Waals surface area (Å²) >= 11 is 0. The molecule has 5 heteroatoms. The second-order valence-electron chi connectivity index (χ2n) is 6.39. The molecule has 0 radical (unpaired) electrons. The zero-order valence-electron chi connectivity index (χ0n) is 11.5. The Hall–Kier alpha value is -1.26. The molecule has 102 valence electrons. The molecule has 0 spiro atoms. The maximum absolute atomic E-state index is 12.1. The molecule has 0 aromatic heterocycles. The molecular formula is C13H21NO4. The molecule has 0 aromatic rings. The third-order valence-electron chi connectivity index (χ3n) is 4.01. The number of carboxylic acid groups (broad SMARTS) is 1. The summed E-state index contributed by atoms with van der Waals surface area (Å²) in [7, 11) is 0. The van der Waals surface area contributed by atoms with E-state index in [4.69, 9.17) is 9.84 Å². The lowest BCUT2D eigenvalue weighted by Crippen LogP contribution is -2.46. The number of fused-ring (bicyclic) bond motifs is 1. The van der Waals surface area contributed by atoms with Crippen molar-refractivity contribution in [2.75, 3.05) is 0 Å². The molecule has 1 heterocycles. The standard InChI is InChI=1S/C13H21NO4/c1-6-8-9(10(8)11(15)16)7(2)14(6)12(17)18-13(3,4)5/h6-10H,1-5H3,(H,15,16)/t6-,7-,8-,9+,10?/m0/s1. The van der Waals surface area contributed by atoms with E-state index in [9.17, 15) is 9.59 Å². The molecule has 2 rings (SSSR count). The van der Waals surface area contributed by atoms with E-state index in [0.717, 1.165) is 0 Å². The van der Waals surface area contributed by atoms with Crippen molar-refractivity contribution in [1.82, 2.24) is 4.90 Å². The molecule has 1 N–H and O–H groups in total. The number of carbonyl (C=O) groups is 2. The van der Waals surface area contributed by atoms with E-state index in [0.29, 0.717) is 0 Å². The molecule has 1 aliphatic heterocycles. The fraction of sp³-hybridized carbons (Fsp3) is 0.846. The monoisotopic (exact) mass is 255 g/mol. The first-order valence-corrected chi connectivity index (χ1v) is 6.39. The average molecular weight is 255 g/mol. The number of carboxylic acids is 1. The Morgan fingerprint density at radius 3 is 1.89 bits per heavy atom. The lowest BCUT2D eigenvalue weighted by atomic mass is 10.1. The van der Waals surface area contributed by atoms with Gasteiger partial charge in [-0.25, -0.2) is 4.79 Å². The highest BCUT2D eigenvalue weighted by Crippen LogP contribution is 2.58. The van der Waals surface area contributed by atoms with E-state index in [1.807, 2.05) is 34.6 Å². The second kappa shape index (κ2) is 3.87. The zero-order chi connectivity index (χ0) is 13.8. The Labute approximate surface area is 107 Å². The van der Waals surface area contributed by atoms with E-state index in [2.05, 4.69) is 0 Å². The number of carbonyl (C=O) groups excluding carboxylic acids is 1. The largest absolute Gasteiger partial charge is 0.481 e. The summed E-state index contributed by atoms with van der Waals surface area (Å²) in [6.45, 7) is 9.31.